The van der Waals surface area contributed by atoms with Gasteiger partial charge in [-0.05, 0) is 38.9 Å². The smallest absolute Gasteiger partial charge is 0.407 e. The maximum absolute atomic E-state index is 12.5. The molecule has 0 saturated carbocycles. The maximum atomic E-state index is 12.5. The van der Waals surface area contributed by atoms with Crippen molar-refractivity contribution < 1.29 is 33.4 Å². The van der Waals surface area contributed by atoms with Gasteiger partial charge in [0.2, 0.25) is 5.91 Å². The number of carbonyl (C=O) groups is 3. The van der Waals surface area contributed by atoms with Crippen LogP contribution in [0.25, 0.3) is 0 Å². The molecule has 1 aliphatic heterocycles. The highest BCUT2D eigenvalue weighted by Crippen LogP contribution is 2.41. The number of Topliss-reactive ketones (excluding diaryl/α,β-unsaturated/α-hetero) is 1. The van der Waals surface area contributed by atoms with Crippen LogP contribution in [0, 0.1) is 0 Å². The van der Waals surface area contributed by atoms with E-state index in [-0.39, 0.29) is 10.8 Å². The van der Waals surface area contributed by atoms with Crippen molar-refractivity contribution in [2.75, 3.05) is 7.05 Å². The standard InChI is InChI=1S/C21H38N2O7Si/c1-12(13(2)24)11-23(15(4)26)19-18(29-20(27)22-8)17(16(28-19)14(3)25)30-31(9,10)21(5,6)7/h11,14,16-19,25H,1-10H3,(H,22,27)/b12-11-/t14-,16+,17+,18+,19+/m0/s1. The van der Waals surface area contributed by atoms with E-state index < -0.39 is 51.0 Å². The van der Waals surface area contributed by atoms with Crippen LogP contribution >= 0.6 is 0 Å². The molecule has 1 fully saturated rings. The summed E-state index contributed by atoms with van der Waals surface area (Å²) in [6.07, 6.45) is -4.04. The molecule has 0 aromatic rings. The van der Waals surface area contributed by atoms with Crippen LogP contribution in [0.2, 0.25) is 18.1 Å². The van der Waals surface area contributed by atoms with Crippen molar-refractivity contribution in [3.8, 4) is 0 Å². The lowest BCUT2D eigenvalue weighted by Gasteiger charge is -2.40. The molecular weight excluding hydrogens is 420 g/mol. The van der Waals surface area contributed by atoms with Crippen molar-refractivity contribution >= 4 is 26.1 Å². The van der Waals surface area contributed by atoms with Crippen LogP contribution in [0.3, 0.4) is 0 Å². The Kier molecular flexibility index (Phi) is 9.01. The fourth-order valence-electron chi connectivity index (χ4n) is 2.88. The Bertz CT molecular complexity index is 715. The zero-order chi connectivity index (χ0) is 24.3. The molecule has 1 saturated heterocycles. The number of nitrogens with zero attached hydrogens (tertiary/aromatic N) is 1. The summed E-state index contributed by atoms with van der Waals surface area (Å²) < 4.78 is 18.2. The van der Waals surface area contributed by atoms with E-state index in [1.54, 1.807) is 13.8 Å². The molecule has 0 unspecified atom stereocenters. The number of aliphatic hydroxyl groups is 1. The molecule has 178 valence electrons. The zero-order valence-electron chi connectivity index (χ0n) is 20.3. The van der Waals surface area contributed by atoms with E-state index in [1.165, 1.54) is 32.0 Å². The SMILES string of the molecule is CNC(=O)O[C@@H]1[C@H](O[Si](C)(C)C(C)(C)C)[C@@H]([C@H](C)O)O[C@H]1N(/C=C(/C)C(C)=O)C(C)=O. The van der Waals surface area contributed by atoms with Gasteiger partial charge in [-0.3, -0.25) is 14.5 Å². The minimum Gasteiger partial charge on any atom is -0.439 e. The molecule has 0 aromatic heterocycles. The van der Waals surface area contributed by atoms with Crippen molar-refractivity contribution in [3.63, 3.8) is 0 Å². The normalized spacial score (nSPS) is 25.7. The lowest BCUT2D eigenvalue weighted by molar-refractivity contribution is -0.146. The number of hydrogen-bond donors (Lipinski definition) is 2. The highest BCUT2D eigenvalue weighted by molar-refractivity contribution is 6.74. The molecule has 31 heavy (non-hydrogen) atoms. The van der Waals surface area contributed by atoms with Gasteiger partial charge in [0, 0.05) is 25.7 Å². The molecule has 0 aliphatic carbocycles. The van der Waals surface area contributed by atoms with Crippen LogP contribution in [-0.2, 0) is 23.5 Å². The molecule has 0 bridgehead atoms. The first-order valence-corrected chi connectivity index (χ1v) is 13.3. The summed E-state index contributed by atoms with van der Waals surface area (Å²) >= 11 is 0. The molecule has 1 rings (SSSR count). The van der Waals surface area contributed by atoms with E-state index >= 15 is 0 Å². The second-order valence-corrected chi connectivity index (χ2v) is 14.2. The van der Waals surface area contributed by atoms with Crippen molar-refractivity contribution in [1.82, 2.24) is 10.2 Å². The van der Waals surface area contributed by atoms with Gasteiger partial charge in [-0.1, -0.05) is 20.8 Å². The number of amides is 2. The Balaban J connectivity index is 3.52. The molecular formula is C21H38N2O7Si. The molecule has 9 nitrogen and oxygen atoms in total. The van der Waals surface area contributed by atoms with E-state index in [9.17, 15) is 19.5 Å². The average molecular weight is 459 g/mol. The number of allylic oxidation sites excluding steroid dienone is 1. The van der Waals surface area contributed by atoms with Crippen LogP contribution in [-0.4, -0.2) is 73.8 Å². The number of alkyl carbamates (subject to hydrolysis) is 1. The molecule has 5 atom stereocenters. The molecule has 10 heteroatoms. The fourth-order valence-corrected chi connectivity index (χ4v) is 4.18. The summed E-state index contributed by atoms with van der Waals surface area (Å²) in [4.78, 5) is 37.6. The third-order valence-electron chi connectivity index (χ3n) is 5.91. The van der Waals surface area contributed by atoms with Gasteiger partial charge in [0.05, 0.1) is 6.10 Å². The summed E-state index contributed by atoms with van der Waals surface area (Å²) in [6.45, 7) is 16.1. The molecule has 0 aromatic carbocycles. The maximum Gasteiger partial charge on any atom is 0.407 e. The summed E-state index contributed by atoms with van der Waals surface area (Å²) in [6, 6.07) is 0. The minimum absolute atomic E-state index is 0.155. The van der Waals surface area contributed by atoms with E-state index in [2.05, 4.69) is 26.1 Å². The van der Waals surface area contributed by atoms with Crippen molar-refractivity contribution in [2.45, 2.75) is 97.2 Å². The van der Waals surface area contributed by atoms with Gasteiger partial charge in [0.1, 0.15) is 12.2 Å². The number of ketones is 1. The molecule has 2 N–H and O–H groups in total. The van der Waals surface area contributed by atoms with Crippen LogP contribution in [0.5, 0.6) is 0 Å². The summed E-state index contributed by atoms with van der Waals surface area (Å²) in [5.41, 5.74) is 0.333. The number of aliphatic hydroxyl groups excluding tert-OH is 1. The Morgan fingerprint density at radius 3 is 2.10 bits per heavy atom. The van der Waals surface area contributed by atoms with E-state index in [0.29, 0.717) is 5.57 Å². The predicted octanol–water partition coefficient (Wildman–Crippen LogP) is 2.55. The van der Waals surface area contributed by atoms with Crippen molar-refractivity contribution in [1.29, 1.82) is 0 Å². The molecule has 1 heterocycles. The highest BCUT2D eigenvalue weighted by atomic mass is 28.4. The van der Waals surface area contributed by atoms with E-state index in [1.807, 2.05) is 13.1 Å². The number of rotatable bonds is 7. The van der Waals surface area contributed by atoms with Gasteiger partial charge in [-0.2, -0.15) is 0 Å². The Morgan fingerprint density at radius 2 is 1.71 bits per heavy atom. The monoisotopic (exact) mass is 458 g/mol. The van der Waals surface area contributed by atoms with Crippen LogP contribution in [0.1, 0.15) is 48.5 Å². The minimum atomic E-state index is -2.38. The van der Waals surface area contributed by atoms with Gasteiger partial charge >= 0.3 is 6.09 Å². The van der Waals surface area contributed by atoms with Crippen molar-refractivity contribution in [3.05, 3.63) is 11.8 Å². The first-order chi connectivity index (χ1) is 14.0. The van der Waals surface area contributed by atoms with Gasteiger partial charge in [0.25, 0.3) is 0 Å². The number of hydrogen-bond acceptors (Lipinski definition) is 7. The van der Waals surface area contributed by atoms with Crippen LogP contribution < -0.4 is 5.32 Å². The number of carbonyl (C=O) groups excluding carboxylic acids is 3. The van der Waals surface area contributed by atoms with Gasteiger partial charge in [0.15, 0.2) is 26.4 Å². The van der Waals surface area contributed by atoms with E-state index in [0.717, 1.165) is 0 Å². The number of ether oxygens (including phenoxy) is 2. The topological polar surface area (TPSA) is 114 Å². The Labute approximate surface area is 186 Å². The zero-order valence-corrected chi connectivity index (χ0v) is 21.3. The average Bonchev–Trinajstić information content (AvgIpc) is 2.95. The highest BCUT2D eigenvalue weighted by Gasteiger charge is 2.55. The first-order valence-electron chi connectivity index (χ1n) is 10.4. The third-order valence-corrected chi connectivity index (χ3v) is 10.4. The molecule has 1 aliphatic rings. The summed E-state index contributed by atoms with van der Waals surface area (Å²) in [5, 5.41) is 12.7. The van der Waals surface area contributed by atoms with Crippen molar-refractivity contribution in [2.24, 2.45) is 0 Å². The van der Waals surface area contributed by atoms with Gasteiger partial charge in [-0.25, -0.2) is 4.79 Å². The van der Waals surface area contributed by atoms with E-state index in [4.69, 9.17) is 13.9 Å². The third kappa shape index (κ3) is 6.61. The lowest BCUT2D eigenvalue weighted by atomic mass is 10.1. The molecule has 0 spiro atoms. The summed E-state index contributed by atoms with van der Waals surface area (Å²) in [5.74, 6) is -0.623. The second kappa shape index (κ2) is 10.2. The Morgan fingerprint density at radius 1 is 1.16 bits per heavy atom. The molecule has 2 amide bonds. The van der Waals surface area contributed by atoms with Gasteiger partial charge < -0.3 is 24.3 Å². The first kappa shape index (κ1) is 27.3. The second-order valence-electron chi connectivity index (χ2n) is 9.49. The molecule has 0 radical (unpaired) electrons. The van der Waals surface area contributed by atoms with Crippen LogP contribution in [0.15, 0.2) is 11.8 Å². The fraction of sp³-hybridized carbons (Fsp3) is 0.762. The number of nitrogens with one attached hydrogen (secondary N) is 1. The quantitative estimate of drug-likeness (QED) is 0.445. The predicted molar refractivity (Wildman–Crippen MR) is 119 cm³/mol. The Hall–Kier alpha value is -1.75. The van der Waals surface area contributed by atoms with Gasteiger partial charge in [-0.15, -0.1) is 0 Å². The largest absolute Gasteiger partial charge is 0.439 e. The van der Waals surface area contributed by atoms with Crippen LogP contribution in [0.4, 0.5) is 4.79 Å². The lowest BCUT2D eigenvalue weighted by Crippen LogP contribution is -2.53. The summed E-state index contributed by atoms with van der Waals surface area (Å²) in [7, 11) is -0.956.